The predicted octanol–water partition coefficient (Wildman–Crippen LogP) is 3.58. The molecule has 1 fully saturated rings. The van der Waals surface area contributed by atoms with Crippen molar-refractivity contribution in [1.29, 1.82) is 0 Å². The zero-order chi connectivity index (χ0) is 21.5. The summed E-state index contributed by atoms with van der Waals surface area (Å²) in [6.07, 6.45) is 7.38. The van der Waals surface area contributed by atoms with Gasteiger partial charge in [-0.25, -0.2) is 9.59 Å². The van der Waals surface area contributed by atoms with Gasteiger partial charge in [0.25, 0.3) is 0 Å². The van der Waals surface area contributed by atoms with Crippen molar-refractivity contribution in [2.24, 2.45) is 11.8 Å². The van der Waals surface area contributed by atoms with Gasteiger partial charge >= 0.3 is 12.1 Å². The monoisotopic (exact) mass is 450 g/mol. The van der Waals surface area contributed by atoms with E-state index in [9.17, 15) is 19.5 Å². The minimum absolute atomic E-state index is 0. The number of ether oxygens (including phenoxy) is 1. The Morgan fingerprint density at radius 3 is 2.68 bits per heavy atom. The Bertz CT molecular complexity index is 779. The lowest BCUT2D eigenvalue weighted by molar-refractivity contribution is -0.139. The first-order chi connectivity index (χ1) is 14.5. The lowest BCUT2D eigenvalue weighted by Crippen LogP contribution is -2.42. The number of alkyl carbamates (subject to hydrolysis) is 1. The number of ketones is 1. The number of pyridine rings is 1. The van der Waals surface area contributed by atoms with Crippen molar-refractivity contribution >= 4 is 31.3 Å². The van der Waals surface area contributed by atoms with E-state index in [1.165, 1.54) is 24.1 Å². The molecule has 8 heteroatoms. The van der Waals surface area contributed by atoms with Gasteiger partial charge in [-0.1, -0.05) is 13.0 Å². The van der Waals surface area contributed by atoms with E-state index in [-0.39, 0.29) is 44.6 Å². The van der Waals surface area contributed by atoms with Gasteiger partial charge in [-0.05, 0) is 75.3 Å². The van der Waals surface area contributed by atoms with E-state index in [0.717, 1.165) is 37.8 Å². The van der Waals surface area contributed by atoms with Crippen LogP contribution < -0.4 is 5.32 Å². The van der Waals surface area contributed by atoms with Crippen LogP contribution in [0.4, 0.5) is 4.79 Å². The number of carboxylic acids is 1. The number of hydrogen-bond acceptors (Lipinski definition) is 5. The maximum Gasteiger partial charge on any atom is 0.407 e. The third kappa shape index (κ3) is 7.23. The number of aryl methyl sites for hydroxylation is 2. The molecule has 1 heterocycles. The number of fused-ring (bicyclic) bond motifs is 1. The van der Waals surface area contributed by atoms with Crippen LogP contribution in [0.2, 0.25) is 0 Å². The summed E-state index contributed by atoms with van der Waals surface area (Å²) in [7, 11) is 0. The Labute approximate surface area is 190 Å². The minimum Gasteiger partial charge on any atom is -0.480 e. The molecular formula is C23H34N2O5S. The van der Waals surface area contributed by atoms with Gasteiger partial charge in [0.15, 0.2) is 0 Å². The van der Waals surface area contributed by atoms with Crippen molar-refractivity contribution in [3.05, 3.63) is 29.1 Å². The van der Waals surface area contributed by atoms with Crippen LogP contribution in [-0.2, 0) is 33.6 Å². The molecule has 0 saturated heterocycles. The van der Waals surface area contributed by atoms with Crippen LogP contribution in [0, 0.1) is 11.8 Å². The molecule has 0 spiro atoms. The van der Waals surface area contributed by atoms with E-state index in [1.807, 2.05) is 6.92 Å². The summed E-state index contributed by atoms with van der Waals surface area (Å²) in [6.45, 7) is 2.09. The fourth-order valence-electron chi connectivity index (χ4n) is 4.33. The molecule has 172 valence electrons. The molecule has 1 saturated carbocycles. The molecule has 3 rings (SSSR count). The number of nitrogens with zero attached hydrogens (tertiary/aromatic N) is 1. The molecular weight excluding hydrogens is 416 g/mol. The second kappa shape index (κ2) is 12.1. The molecule has 1 aromatic heterocycles. The van der Waals surface area contributed by atoms with E-state index in [4.69, 9.17) is 9.72 Å². The molecule has 0 unspecified atom stereocenters. The first-order valence-electron chi connectivity index (χ1n) is 11.1. The van der Waals surface area contributed by atoms with Gasteiger partial charge in [-0.3, -0.25) is 9.78 Å². The average Bonchev–Trinajstić information content (AvgIpc) is 2.71. The van der Waals surface area contributed by atoms with Gasteiger partial charge in [0, 0.05) is 23.7 Å². The van der Waals surface area contributed by atoms with Gasteiger partial charge in [-0.15, -0.1) is 0 Å². The van der Waals surface area contributed by atoms with E-state index < -0.39 is 18.1 Å². The largest absolute Gasteiger partial charge is 0.480 e. The van der Waals surface area contributed by atoms with Crippen molar-refractivity contribution in [1.82, 2.24) is 10.3 Å². The van der Waals surface area contributed by atoms with E-state index in [0.29, 0.717) is 12.3 Å². The average molecular weight is 451 g/mol. The number of Topliss-reactive ketones (excluding diaryl/α,β-unsaturated/α-hetero) is 1. The van der Waals surface area contributed by atoms with E-state index >= 15 is 0 Å². The summed E-state index contributed by atoms with van der Waals surface area (Å²) in [6, 6.07) is 3.23. The normalized spacial score (nSPS) is 20.4. The van der Waals surface area contributed by atoms with Crippen LogP contribution in [0.5, 0.6) is 0 Å². The molecule has 31 heavy (non-hydrogen) atoms. The summed E-state index contributed by atoms with van der Waals surface area (Å²) < 4.78 is 4.86. The van der Waals surface area contributed by atoms with Crippen molar-refractivity contribution in [2.75, 3.05) is 6.61 Å². The van der Waals surface area contributed by atoms with Gasteiger partial charge in [0.2, 0.25) is 0 Å². The lowest BCUT2D eigenvalue weighted by atomic mass is 9.70. The second-order valence-corrected chi connectivity index (χ2v) is 8.53. The van der Waals surface area contributed by atoms with Crippen LogP contribution in [0.1, 0.15) is 68.8 Å². The number of hydrogen-bond donors (Lipinski definition) is 2. The van der Waals surface area contributed by atoms with Crippen molar-refractivity contribution in [3.63, 3.8) is 0 Å². The van der Waals surface area contributed by atoms with Crippen molar-refractivity contribution < 1.29 is 24.2 Å². The van der Waals surface area contributed by atoms with Crippen LogP contribution >= 0.6 is 13.5 Å². The highest BCUT2D eigenvalue weighted by Crippen LogP contribution is 2.37. The third-order valence-corrected chi connectivity index (χ3v) is 6.13. The SMILES string of the molecule is CCCOC(=O)N[C@@H](CCC(=O)C1CC(Cc2ccc3c(n2)CCCC3)C1)C(=O)O.S. The zero-order valence-electron chi connectivity index (χ0n) is 18.2. The molecule has 0 bridgehead atoms. The van der Waals surface area contributed by atoms with Crippen LogP contribution in [-0.4, -0.2) is 40.6 Å². The number of carboxylic acid groups (broad SMARTS) is 1. The highest BCUT2D eigenvalue weighted by Gasteiger charge is 2.35. The first-order valence-corrected chi connectivity index (χ1v) is 11.1. The smallest absolute Gasteiger partial charge is 0.407 e. The van der Waals surface area contributed by atoms with Crippen LogP contribution in [0.25, 0.3) is 0 Å². The Morgan fingerprint density at radius 2 is 1.97 bits per heavy atom. The van der Waals surface area contributed by atoms with Crippen molar-refractivity contribution in [3.8, 4) is 0 Å². The molecule has 0 radical (unpaired) electrons. The first kappa shape index (κ1) is 25.2. The Morgan fingerprint density at radius 1 is 1.23 bits per heavy atom. The minimum atomic E-state index is -1.15. The number of carbonyl (C=O) groups excluding carboxylic acids is 2. The summed E-state index contributed by atoms with van der Waals surface area (Å²) >= 11 is 0. The third-order valence-electron chi connectivity index (χ3n) is 6.13. The standard InChI is InChI=1S/C23H32N2O5.H2S/c1-2-11-30-23(29)25-20(22(27)28)9-10-21(26)17-12-15(13-17)14-18-8-7-16-5-3-4-6-19(16)24-18;/h7-8,15,17,20H,2-6,9-14H2,1H3,(H,25,29)(H,27,28);1H2/t15?,17?,20-;/m0./s1. The molecule has 7 nitrogen and oxygen atoms in total. The summed E-state index contributed by atoms with van der Waals surface area (Å²) in [4.78, 5) is 40.2. The molecule has 2 aliphatic carbocycles. The van der Waals surface area contributed by atoms with E-state index in [1.54, 1.807) is 0 Å². The number of carbonyl (C=O) groups is 3. The summed E-state index contributed by atoms with van der Waals surface area (Å²) in [5.74, 6) is -0.611. The maximum absolute atomic E-state index is 12.4. The van der Waals surface area contributed by atoms with Crippen LogP contribution in [0.3, 0.4) is 0 Å². The molecule has 2 aliphatic rings. The summed E-state index contributed by atoms with van der Waals surface area (Å²) in [5.41, 5.74) is 3.74. The highest BCUT2D eigenvalue weighted by molar-refractivity contribution is 7.59. The Kier molecular flexibility index (Phi) is 9.81. The van der Waals surface area contributed by atoms with Crippen molar-refractivity contribution in [2.45, 2.75) is 77.2 Å². The lowest BCUT2D eigenvalue weighted by Gasteiger charge is -2.34. The van der Waals surface area contributed by atoms with E-state index in [2.05, 4.69) is 17.4 Å². The second-order valence-electron chi connectivity index (χ2n) is 8.53. The molecule has 2 N–H and O–H groups in total. The molecule has 1 amide bonds. The van der Waals surface area contributed by atoms with Gasteiger partial charge in [-0.2, -0.15) is 13.5 Å². The highest BCUT2D eigenvalue weighted by atomic mass is 32.1. The molecule has 1 aromatic rings. The quantitative estimate of drug-likeness (QED) is 0.564. The maximum atomic E-state index is 12.4. The Balaban J connectivity index is 0.00000341. The number of rotatable bonds is 10. The number of aromatic nitrogens is 1. The number of amides is 1. The van der Waals surface area contributed by atoms with Gasteiger partial charge < -0.3 is 15.2 Å². The topological polar surface area (TPSA) is 106 Å². The Hall–Kier alpha value is -2.09. The molecule has 1 atom stereocenters. The number of aliphatic carboxylic acids is 1. The summed E-state index contributed by atoms with van der Waals surface area (Å²) in [5, 5.41) is 11.6. The molecule has 0 aromatic carbocycles. The molecule has 0 aliphatic heterocycles. The van der Waals surface area contributed by atoms with Crippen LogP contribution in [0.15, 0.2) is 12.1 Å². The zero-order valence-corrected chi connectivity index (χ0v) is 19.2. The van der Waals surface area contributed by atoms with Gasteiger partial charge in [0.1, 0.15) is 11.8 Å². The number of nitrogens with one attached hydrogen (secondary N) is 1. The fourth-order valence-corrected chi connectivity index (χ4v) is 4.33. The fraction of sp³-hybridized carbons (Fsp3) is 0.652. The van der Waals surface area contributed by atoms with Gasteiger partial charge in [0.05, 0.1) is 6.61 Å². The predicted molar refractivity (Wildman–Crippen MR) is 122 cm³/mol.